The van der Waals surface area contributed by atoms with E-state index >= 15 is 0 Å². The quantitative estimate of drug-likeness (QED) is 0.614. The number of aliphatic imine (C=N–C) groups is 1. The minimum Gasteiger partial charge on any atom is -0.490 e. The van der Waals surface area contributed by atoms with Crippen molar-refractivity contribution in [3.63, 3.8) is 0 Å². The monoisotopic (exact) mass is 345 g/mol. The van der Waals surface area contributed by atoms with Gasteiger partial charge >= 0.3 is 0 Å². The third kappa shape index (κ3) is 5.92. The van der Waals surface area contributed by atoms with Crippen molar-refractivity contribution < 1.29 is 9.47 Å². The summed E-state index contributed by atoms with van der Waals surface area (Å²) in [5, 5.41) is 6.69. The Labute approximate surface area is 151 Å². The fraction of sp³-hybridized carbons (Fsp3) is 0.650. The van der Waals surface area contributed by atoms with E-state index in [1.54, 1.807) is 7.05 Å². The van der Waals surface area contributed by atoms with Crippen LogP contribution < -0.4 is 15.4 Å². The van der Waals surface area contributed by atoms with E-state index in [1.165, 1.54) is 37.7 Å². The molecule has 1 saturated heterocycles. The van der Waals surface area contributed by atoms with E-state index in [4.69, 9.17) is 9.47 Å². The number of benzene rings is 1. The van der Waals surface area contributed by atoms with Crippen LogP contribution in [-0.4, -0.2) is 38.4 Å². The molecule has 1 aliphatic carbocycles. The second-order valence-electron chi connectivity index (χ2n) is 6.96. The molecule has 2 aliphatic rings. The molecule has 1 aliphatic heterocycles. The Bertz CT molecular complexity index is 532. The van der Waals surface area contributed by atoms with Crippen LogP contribution in [0.15, 0.2) is 29.3 Å². The van der Waals surface area contributed by atoms with Crippen molar-refractivity contribution in [2.45, 2.75) is 63.7 Å². The summed E-state index contributed by atoms with van der Waals surface area (Å²) in [6.07, 6.45) is 9.34. The van der Waals surface area contributed by atoms with Gasteiger partial charge in [-0.1, -0.05) is 18.6 Å². The minimum atomic E-state index is 0.315. The molecule has 0 amide bonds. The summed E-state index contributed by atoms with van der Waals surface area (Å²) in [5.74, 6) is 1.80. The van der Waals surface area contributed by atoms with Crippen LogP contribution in [0.4, 0.5) is 0 Å². The highest BCUT2D eigenvalue weighted by atomic mass is 16.5. The van der Waals surface area contributed by atoms with Crippen molar-refractivity contribution in [1.29, 1.82) is 0 Å². The SMILES string of the molecule is CN=C(NCc1ccc(OC2CCCCC2)cc1)NCC1CCCO1. The van der Waals surface area contributed by atoms with Gasteiger partial charge in [0, 0.05) is 26.7 Å². The lowest BCUT2D eigenvalue weighted by Crippen LogP contribution is -2.40. The molecule has 1 aromatic rings. The fourth-order valence-electron chi connectivity index (χ4n) is 3.48. The second-order valence-corrected chi connectivity index (χ2v) is 6.96. The first-order valence-corrected chi connectivity index (χ1v) is 9.65. The summed E-state index contributed by atoms with van der Waals surface area (Å²) in [6.45, 7) is 2.44. The van der Waals surface area contributed by atoms with Gasteiger partial charge in [0.1, 0.15) is 5.75 Å². The van der Waals surface area contributed by atoms with E-state index in [0.717, 1.165) is 44.2 Å². The van der Waals surface area contributed by atoms with E-state index in [1.807, 2.05) is 0 Å². The molecule has 3 rings (SSSR count). The van der Waals surface area contributed by atoms with Crippen LogP contribution >= 0.6 is 0 Å². The molecule has 2 fully saturated rings. The Morgan fingerprint density at radius 3 is 2.56 bits per heavy atom. The molecule has 138 valence electrons. The Morgan fingerprint density at radius 2 is 1.88 bits per heavy atom. The summed E-state index contributed by atoms with van der Waals surface area (Å²) in [5.41, 5.74) is 1.22. The van der Waals surface area contributed by atoms with Crippen molar-refractivity contribution in [2.75, 3.05) is 20.2 Å². The Balaban J connectivity index is 1.40. The van der Waals surface area contributed by atoms with Crippen LogP contribution in [0.2, 0.25) is 0 Å². The maximum Gasteiger partial charge on any atom is 0.191 e. The van der Waals surface area contributed by atoms with Crippen LogP contribution in [0.5, 0.6) is 5.75 Å². The number of hydrogen-bond acceptors (Lipinski definition) is 3. The predicted octanol–water partition coefficient (Wildman–Crippen LogP) is 3.24. The molecule has 5 nitrogen and oxygen atoms in total. The van der Waals surface area contributed by atoms with Gasteiger partial charge in [0.15, 0.2) is 5.96 Å². The molecule has 1 atom stereocenters. The zero-order valence-corrected chi connectivity index (χ0v) is 15.3. The molecule has 5 heteroatoms. The van der Waals surface area contributed by atoms with Crippen molar-refractivity contribution in [3.05, 3.63) is 29.8 Å². The van der Waals surface area contributed by atoms with Gasteiger partial charge in [0.05, 0.1) is 12.2 Å². The van der Waals surface area contributed by atoms with Crippen molar-refractivity contribution >= 4 is 5.96 Å². The largest absolute Gasteiger partial charge is 0.490 e. The van der Waals surface area contributed by atoms with Crippen molar-refractivity contribution in [3.8, 4) is 5.75 Å². The topological polar surface area (TPSA) is 54.9 Å². The average Bonchev–Trinajstić information content (AvgIpc) is 3.18. The van der Waals surface area contributed by atoms with Gasteiger partial charge in [-0.15, -0.1) is 0 Å². The lowest BCUT2D eigenvalue weighted by molar-refractivity contribution is 0.114. The summed E-state index contributed by atoms with van der Waals surface area (Å²) in [7, 11) is 1.80. The maximum absolute atomic E-state index is 6.08. The van der Waals surface area contributed by atoms with Crippen LogP contribution in [0.1, 0.15) is 50.5 Å². The van der Waals surface area contributed by atoms with E-state index < -0.39 is 0 Å². The van der Waals surface area contributed by atoms with Gasteiger partial charge in [0.25, 0.3) is 0 Å². The highest BCUT2D eigenvalue weighted by molar-refractivity contribution is 5.79. The lowest BCUT2D eigenvalue weighted by atomic mass is 9.98. The molecule has 1 heterocycles. The highest BCUT2D eigenvalue weighted by Gasteiger charge is 2.16. The van der Waals surface area contributed by atoms with Crippen LogP contribution in [0.25, 0.3) is 0 Å². The highest BCUT2D eigenvalue weighted by Crippen LogP contribution is 2.23. The second kappa shape index (κ2) is 9.66. The zero-order chi connectivity index (χ0) is 17.3. The Hall–Kier alpha value is -1.75. The van der Waals surface area contributed by atoms with Gasteiger partial charge in [-0.2, -0.15) is 0 Å². The molecule has 1 saturated carbocycles. The third-order valence-electron chi connectivity index (χ3n) is 4.98. The van der Waals surface area contributed by atoms with Gasteiger partial charge in [-0.05, 0) is 56.2 Å². The fourth-order valence-corrected chi connectivity index (χ4v) is 3.48. The zero-order valence-electron chi connectivity index (χ0n) is 15.3. The Morgan fingerprint density at radius 1 is 1.08 bits per heavy atom. The summed E-state index contributed by atoms with van der Waals surface area (Å²) < 4.78 is 11.7. The molecule has 0 aromatic heterocycles. The molecule has 0 radical (unpaired) electrons. The van der Waals surface area contributed by atoms with Crippen molar-refractivity contribution in [2.24, 2.45) is 4.99 Å². The molecule has 0 spiro atoms. The molecule has 2 N–H and O–H groups in total. The standard InChI is InChI=1S/C20H31N3O2/c1-21-20(23-15-19-8-5-13-24-19)22-14-16-9-11-18(12-10-16)25-17-6-3-2-4-7-17/h9-12,17,19H,2-8,13-15H2,1H3,(H2,21,22,23). The van der Waals surface area contributed by atoms with E-state index in [9.17, 15) is 0 Å². The molecule has 1 unspecified atom stereocenters. The number of ether oxygens (including phenoxy) is 2. The van der Waals surface area contributed by atoms with Crippen molar-refractivity contribution in [1.82, 2.24) is 10.6 Å². The molecule has 1 aromatic carbocycles. The molecular formula is C20H31N3O2. The maximum atomic E-state index is 6.08. The Kier molecular flexibility index (Phi) is 6.98. The number of hydrogen-bond donors (Lipinski definition) is 2. The first kappa shape index (κ1) is 18.1. The predicted molar refractivity (Wildman–Crippen MR) is 101 cm³/mol. The molecule has 25 heavy (non-hydrogen) atoms. The smallest absolute Gasteiger partial charge is 0.191 e. The van der Waals surface area contributed by atoms with Crippen LogP contribution in [0.3, 0.4) is 0 Å². The first-order chi connectivity index (χ1) is 12.3. The number of nitrogens with one attached hydrogen (secondary N) is 2. The number of nitrogens with zero attached hydrogens (tertiary/aromatic N) is 1. The summed E-state index contributed by atoms with van der Waals surface area (Å²) in [6, 6.07) is 8.40. The number of rotatable bonds is 6. The van der Waals surface area contributed by atoms with Gasteiger partial charge in [0.2, 0.25) is 0 Å². The van der Waals surface area contributed by atoms with E-state index in [0.29, 0.717) is 12.2 Å². The molecule has 0 bridgehead atoms. The third-order valence-corrected chi connectivity index (χ3v) is 4.98. The normalized spacial score (nSPS) is 22.0. The molecular weight excluding hydrogens is 314 g/mol. The lowest BCUT2D eigenvalue weighted by Gasteiger charge is -2.23. The van der Waals surface area contributed by atoms with Gasteiger partial charge in [-0.25, -0.2) is 0 Å². The van der Waals surface area contributed by atoms with E-state index in [2.05, 4.69) is 39.9 Å². The first-order valence-electron chi connectivity index (χ1n) is 9.65. The van der Waals surface area contributed by atoms with Crippen LogP contribution in [0, 0.1) is 0 Å². The summed E-state index contributed by atoms with van der Waals surface area (Å²) in [4.78, 5) is 4.27. The summed E-state index contributed by atoms with van der Waals surface area (Å²) >= 11 is 0. The van der Waals surface area contributed by atoms with Crippen LogP contribution in [-0.2, 0) is 11.3 Å². The van der Waals surface area contributed by atoms with Gasteiger partial charge in [-0.3, -0.25) is 4.99 Å². The van der Waals surface area contributed by atoms with Gasteiger partial charge < -0.3 is 20.1 Å². The average molecular weight is 345 g/mol. The van der Waals surface area contributed by atoms with E-state index in [-0.39, 0.29) is 0 Å². The minimum absolute atomic E-state index is 0.315. The number of guanidine groups is 1.